The van der Waals surface area contributed by atoms with E-state index in [4.69, 9.17) is 9.47 Å². The first-order chi connectivity index (χ1) is 21.6. The van der Waals surface area contributed by atoms with Crippen LogP contribution in [-0.4, -0.2) is 54.7 Å². The third-order valence-corrected chi connectivity index (χ3v) is 8.58. The molecule has 0 spiro atoms. The van der Waals surface area contributed by atoms with Gasteiger partial charge in [0, 0.05) is 35.2 Å². The molecule has 1 saturated carbocycles. The zero-order valence-corrected chi connectivity index (χ0v) is 24.9. The number of pyridine rings is 1. The van der Waals surface area contributed by atoms with Gasteiger partial charge in [-0.1, -0.05) is 24.3 Å². The molecular weight excluding hydrogens is 603 g/mol. The third-order valence-electron chi connectivity index (χ3n) is 7.04. The standard InChI is InChI=1S/C31H27FN6O6S/c1-43-29-23(15-34-31(37-29)44-2)17-7-10-22-26(13-17)33-16-27(45(41,42)38-19-8-9-19)28(22)36-21-12-18(30(39)40)11-20(14-21)35-25-6-4-3-5-24(25)32/h3-7,10-16,19,35,38H,8-9H2,1-2H3,(H,33,36)(H,39,40). The van der Waals surface area contributed by atoms with Gasteiger partial charge in [0.25, 0.3) is 0 Å². The number of aromatic carboxylic acids is 1. The third kappa shape index (κ3) is 6.32. The SMILES string of the molecule is COc1ncc(-c2ccc3c(Nc4cc(Nc5ccccc5F)cc(C(=O)O)c4)c(S(=O)(=O)NC4CC4)cnc3c2)c(OC)n1. The fourth-order valence-electron chi connectivity index (χ4n) is 4.72. The Hall–Kier alpha value is -5.34. The summed E-state index contributed by atoms with van der Waals surface area (Å²) in [6.45, 7) is 0. The molecule has 0 radical (unpaired) electrons. The quantitative estimate of drug-likeness (QED) is 0.146. The van der Waals surface area contributed by atoms with Crippen molar-refractivity contribution in [2.75, 3.05) is 24.9 Å². The van der Waals surface area contributed by atoms with Gasteiger partial charge in [-0.2, -0.15) is 4.98 Å². The predicted octanol–water partition coefficient (Wildman–Crippen LogP) is 5.47. The van der Waals surface area contributed by atoms with Gasteiger partial charge in [0.2, 0.25) is 15.9 Å². The normalized spacial score (nSPS) is 13.0. The fraction of sp³-hybridized carbons (Fsp3) is 0.161. The number of aromatic nitrogens is 3. The second-order valence-electron chi connectivity index (χ2n) is 10.2. The molecule has 1 aliphatic carbocycles. The summed E-state index contributed by atoms with van der Waals surface area (Å²) in [5.74, 6) is -1.48. The van der Waals surface area contributed by atoms with Gasteiger partial charge in [0.15, 0.2) is 0 Å². The van der Waals surface area contributed by atoms with Crippen LogP contribution in [0.4, 0.5) is 27.1 Å². The van der Waals surface area contributed by atoms with E-state index in [0.29, 0.717) is 22.0 Å². The minimum absolute atomic E-state index is 0.105. The average Bonchev–Trinajstić information content (AvgIpc) is 3.84. The molecule has 0 saturated heterocycles. The molecule has 1 aliphatic rings. The van der Waals surface area contributed by atoms with Crippen LogP contribution in [0, 0.1) is 5.82 Å². The molecule has 0 atom stereocenters. The van der Waals surface area contributed by atoms with Crippen molar-refractivity contribution in [3.8, 4) is 23.0 Å². The minimum Gasteiger partial charge on any atom is -0.480 e. The van der Waals surface area contributed by atoms with E-state index in [1.807, 2.05) is 0 Å². The highest BCUT2D eigenvalue weighted by atomic mass is 32.2. The zero-order chi connectivity index (χ0) is 31.7. The average molecular weight is 631 g/mol. The first-order valence-corrected chi connectivity index (χ1v) is 15.2. The first-order valence-electron chi connectivity index (χ1n) is 13.7. The number of carboxylic acid groups (broad SMARTS) is 1. The number of para-hydroxylation sites is 1. The lowest BCUT2D eigenvalue weighted by molar-refractivity contribution is 0.0697. The van der Waals surface area contributed by atoms with E-state index in [2.05, 4.69) is 30.3 Å². The summed E-state index contributed by atoms with van der Waals surface area (Å²) in [6, 6.07) is 15.4. The summed E-state index contributed by atoms with van der Waals surface area (Å²) in [4.78, 5) is 24.8. The number of rotatable bonds is 11. The number of anilines is 4. The van der Waals surface area contributed by atoms with Gasteiger partial charge in [-0.15, -0.1) is 0 Å². The summed E-state index contributed by atoms with van der Waals surface area (Å²) < 4.78 is 54.6. The highest BCUT2D eigenvalue weighted by molar-refractivity contribution is 7.89. The van der Waals surface area contributed by atoms with Gasteiger partial charge in [-0.25, -0.2) is 27.3 Å². The van der Waals surface area contributed by atoms with Crippen LogP contribution < -0.4 is 24.8 Å². The number of benzene rings is 3. The second kappa shape index (κ2) is 12.0. The lowest BCUT2D eigenvalue weighted by Gasteiger charge is -2.18. The van der Waals surface area contributed by atoms with Crippen molar-refractivity contribution < 1.29 is 32.2 Å². The van der Waals surface area contributed by atoms with Gasteiger partial charge < -0.3 is 25.2 Å². The summed E-state index contributed by atoms with van der Waals surface area (Å²) in [7, 11) is -1.11. The Kier molecular flexibility index (Phi) is 7.91. The zero-order valence-electron chi connectivity index (χ0n) is 24.0. The first kappa shape index (κ1) is 29.7. The van der Waals surface area contributed by atoms with Crippen LogP contribution in [0.5, 0.6) is 11.9 Å². The molecule has 12 nitrogen and oxygen atoms in total. The van der Waals surface area contributed by atoms with Crippen molar-refractivity contribution in [2.45, 2.75) is 23.8 Å². The second-order valence-corrected chi connectivity index (χ2v) is 11.9. The number of hydrogen-bond acceptors (Lipinski definition) is 10. The Morgan fingerprint density at radius 1 is 0.956 bits per heavy atom. The van der Waals surface area contributed by atoms with Crippen LogP contribution in [0.3, 0.4) is 0 Å². The molecule has 0 aliphatic heterocycles. The lowest BCUT2D eigenvalue weighted by atomic mass is 10.0. The van der Waals surface area contributed by atoms with Gasteiger partial charge >= 0.3 is 12.0 Å². The van der Waals surface area contributed by atoms with E-state index in [9.17, 15) is 22.7 Å². The number of hydrogen-bond donors (Lipinski definition) is 4. The Bertz CT molecular complexity index is 2050. The molecule has 45 heavy (non-hydrogen) atoms. The molecule has 0 amide bonds. The predicted molar refractivity (Wildman–Crippen MR) is 166 cm³/mol. The Morgan fingerprint density at radius 3 is 2.40 bits per heavy atom. The summed E-state index contributed by atoms with van der Waals surface area (Å²) in [5.41, 5.74) is 2.37. The fourth-order valence-corrected chi connectivity index (χ4v) is 6.14. The largest absolute Gasteiger partial charge is 0.480 e. The Balaban J connectivity index is 1.48. The number of halogens is 1. The summed E-state index contributed by atoms with van der Waals surface area (Å²) in [5, 5.41) is 16.3. The molecule has 1 fully saturated rings. The molecule has 0 unspecified atom stereocenters. The molecule has 230 valence electrons. The lowest BCUT2D eigenvalue weighted by Crippen LogP contribution is -2.26. The van der Waals surface area contributed by atoms with Crippen molar-refractivity contribution in [2.24, 2.45) is 0 Å². The molecule has 6 rings (SSSR count). The molecule has 0 bridgehead atoms. The monoisotopic (exact) mass is 630 g/mol. The number of sulfonamides is 1. The van der Waals surface area contributed by atoms with Crippen molar-refractivity contribution in [3.05, 3.63) is 84.4 Å². The van der Waals surface area contributed by atoms with Crippen molar-refractivity contribution in [1.82, 2.24) is 19.7 Å². The van der Waals surface area contributed by atoms with Crippen LogP contribution >= 0.6 is 0 Å². The van der Waals surface area contributed by atoms with Crippen LogP contribution in [0.2, 0.25) is 0 Å². The number of fused-ring (bicyclic) bond motifs is 1. The van der Waals surface area contributed by atoms with Crippen LogP contribution in [0.1, 0.15) is 23.2 Å². The Labute approximate surface area is 257 Å². The van der Waals surface area contributed by atoms with Crippen molar-refractivity contribution >= 4 is 49.6 Å². The van der Waals surface area contributed by atoms with Crippen LogP contribution in [0.15, 0.2) is 78.0 Å². The van der Waals surface area contributed by atoms with Gasteiger partial charge in [-0.3, -0.25) is 4.98 Å². The van der Waals surface area contributed by atoms with E-state index in [1.165, 1.54) is 50.7 Å². The number of nitrogens with one attached hydrogen (secondary N) is 3. The molecule has 5 aromatic rings. The number of ether oxygens (including phenoxy) is 2. The molecule has 4 N–H and O–H groups in total. The molecule has 2 aromatic heterocycles. The van der Waals surface area contributed by atoms with Crippen LogP contribution in [-0.2, 0) is 10.0 Å². The van der Waals surface area contributed by atoms with E-state index < -0.39 is 21.8 Å². The van der Waals surface area contributed by atoms with Crippen LogP contribution in [0.25, 0.3) is 22.0 Å². The minimum atomic E-state index is -4.02. The summed E-state index contributed by atoms with van der Waals surface area (Å²) >= 11 is 0. The Morgan fingerprint density at radius 2 is 1.71 bits per heavy atom. The molecule has 3 aromatic carbocycles. The summed E-state index contributed by atoms with van der Waals surface area (Å²) in [6.07, 6.45) is 4.25. The van der Waals surface area contributed by atoms with Crippen molar-refractivity contribution in [3.63, 3.8) is 0 Å². The van der Waals surface area contributed by atoms with Crippen molar-refractivity contribution in [1.29, 1.82) is 0 Å². The number of carboxylic acids is 1. The molecule has 14 heteroatoms. The number of carbonyl (C=O) groups is 1. The maximum Gasteiger partial charge on any atom is 0.335 e. The highest BCUT2D eigenvalue weighted by Gasteiger charge is 2.30. The van der Waals surface area contributed by atoms with Gasteiger partial charge in [0.1, 0.15) is 10.7 Å². The smallest absolute Gasteiger partial charge is 0.335 e. The van der Waals surface area contributed by atoms with Gasteiger partial charge in [0.05, 0.1) is 42.2 Å². The topological polar surface area (TPSA) is 165 Å². The van der Waals surface area contributed by atoms with E-state index in [0.717, 1.165) is 12.8 Å². The van der Waals surface area contributed by atoms with E-state index >= 15 is 0 Å². The van der Waals surface area contributed by atoms with Gasteiger partial charge in [-0.05, 0) is 54.8 Å². The maximum atomic E-state index is 14.4. The number of methoxy groups -OCH3 is 2. The highest BCUT2D eigenvalue weighted by Crippen LogP contribution is 2.37. The number of nitrogens with zero attached hydrogens (tertiary/aromatic N) is 3. The molecular formula is C31H27FN6O6S. The molecule has 2 heterocycles. The van der Waals surface area contributed by atoms with E-state index in [1.54, 1.807) is 36.5 Å². The maximum absolute atomic E-state index is 14.4. The van der Waals surface area contributed by atoms with E-state index in [-0.39, 0.29) is 51.1 Å².